The topological polar surface area (TPSA) is 30.5 Å². The number of hydrogen-bond acceptors (Lipinski definition) is 3. The molecule has 1 aliphatic heterocycles. The zero-order valence-electron chi connectivity index (χ0n) is 11.1. The Morgan fingerprint density at radius 3 is 2.83 bits per heavy atom. The molecule has 2 atom stereocenters. The van der Waals surface area contributed by atoms with Crippen LogP contribution in [0.15, 0.2) is 18.2 Å². The van der Waals surface area contributed by atoms with Crippen molar-refractivity contribution < 1.29 is 9.47 Å². The van der Waals surface area contributed by atoms with Crippen LogP contribution in [0.4, 0.5) is 0 Å². The largest absolute Gasteiger partial charge is 0.489 e. The Morgan fingerprint density at radius 1 is 1.44 bits per heavy atom. The third-order valence-corrected chi connectivity index (χ3v) is 3.29. The fraction of sp³-hybridized carbons (Fsp3) is 0.571. The van der Waals surface area contributed by atoms with E-state index >= 15 is 0 Å². The van der Waals surface area contributed by atoms with E-state index in [9.17, 15) is 0 Å². The molecule has 0 aliphatic carbocycles. The third kappa shape index (κ3) is 3.16. The lowest BCUT2D eigenvalue weighted by molar-refractivity contribution is 0.00754. The van der Waals surface area contributed by atoms with Crippen LogP contribution in [-0.2, 0) is 4.74 Å². The Bertz CT molecular complexity index is 409. The molecule has 1 aliphatic rings. The minimum atomic E-state index is 0.128. The van der Waals surface area contributed by atoms with Gasteiger partial charge >= 0.3 is 0 Å². The van der Waals surface area contributed by atoms with Crippen LogP contribution in [0.2, 0.25) is 5.02 Å². The Morgan fingerprint density at radius 2 is 2.22 bits per heavy atom. The third-order valence-electron chi connectivity index (χ3n) is 2.99. The predicted molar refractivity (Wildman–Crippen MR) is 73.4 cm³/mol. The first kappa shape index (κ1) is 13.7. The highest BCUT2D eigenvalue weighted by atomic mass is 35.5. The van der Waals surface area contributed by atoms with Gasteiger partial charge in [0.15, 0.2) is 0 Å². The molecular formula is C14H20ClNO2. The van der Waals surface area contributed by atoms with E-state index in [-0.39, 0.29) is 18.2 Å². The summed E-state index contributed by atoms with van der Waals surface area (Å²) in [5.41, 5.74) is 1.14. The molecule has 18 heavy (non-hydrogen) atoms. The second kappa shape index (κ2) is 5.91. The van der Waals surface area contributed by atoms with E-state index < -0.39 is 0 Å². The zero-order valence-corrected chi connectivity index (χ0v) is 11.8. The van der Waals surface area contributed by atoms with Crippen molar-refractivity contribution in [2.45, 2.75) is 39.0 Å². The monoisotopic (exact) mass is 269 g/mol. The van der Waals surface area contributed by atoms with E-state index in [1.54, 1.807) is 0 Å². The van der Waals surface area contributed by atoms with E-state index in [1.165, 1.54) is 0 Å². The van der Waals surface area contributed by atoms with E-state index in [0.717, 1.165) is 24.5 Å². The van der Waals surface area contributed by atoms with Crippen molar-refractivity contribution >= 4 is 11.6 Å². The van der Waals surface area contributed by atoms with Crippen LogP contribution in [0.5, 0.6) is 5.75 Å². The van der Waals surface area contributed by atoms with Gasteiger partial charge in [-0.1, -0.05) is 17.7 Å². The molecule has 1 N–H and O–H groups in total. The highest BCUT2D eigenvalue weighted by molar-refractivity contribution is 6.32. The molecular weight excluding hydrogens is 250 g/mol. The van der Waals surface area contributed by atoms with Crippen molar-refractivity contribution in [2.75, 3.05) is 13.2 Å². The van der Waals surface area contributed by atoms with Gasteiger partial charge in [-0.3, -0.25) is 0 Å². The normalized spacial score (nSPS) is 24.3. The van der Waals surface area contributed by atoms with Crippen LogP contribution >= 0.6 is 11.6 Å². The molecule has 3 nitrogen and oxygen atoms in total. The van der Waals surface area contributed by atoms with Gasteiger partial charge < -0.3 is 14.8 Å². The molecule has 0 bridgehead atoms. The van der Waals surface area contributed by atoms with Gasteiger partial charge in [-0.25, -0.2) is 0 Å². The molecule has 0 aromatic heterocycles. The van der Waals surface area contributed by atoms with Crippen molar-refractivity contribution in [3.05, 3.63) is 28.8 Å². The average Bonchev–Trinajstić information content (AvgIpc) is 2.32. The Labute approximate surface area is 113 Å². The number of halogens is 1. The number of ether oxygens (including phenoxy) is 2. The lowest BCUT2D eigenvalue weighted by Gasteiger charge is -2.31. The lowest BCUT2D eigenvalue weighted by Crippen LogP contribution is -2.40. The summed E-state index contributed by atoms with van der Waals surface area (Å²) in [5, 5.41) is 4.10. The molecule has 0 radical (unpaired) electrons. The molecule has 100 valence electrons. The van der Waals surface area contributed by atoms with Gasteiger partial charge in [-0.05, 0) is 38.5 Å². The maximum atomic E-state index is 6.25. The maximum Gasteiger partial charge on any atom is 0.138 e. The van der Waals surface area contributed by atoms with Gasteiger partial charge in [0, 0.05) is 6.54 Å². The molecule has 2 unspecified atom stereocenters. The van der Waals surface area contributed by atoms with Crippen molar-refractivity contribution in [1.29, 1.82) is 0 Å². The molecule has 0 amide bonds. The van der Waals surface area contributed by atoms with Crippen molar-refractivity contribution in [3.8, 4) is 5.75 Å². The van der Waals surface area contributed by atoms with Crippen molar-refractivity contribution in [2.24, 2.45) is 0 Å². The van der Waals surface area contributed by atoms with Crippen LogP contribution in [0.25, 0.3) is 0 Å². The van der Waals surface area contributed by atoms with Crippen LogP contribution in [0.1, 0.15) is 32.4 Å². The highest BCUT2D eigenvalue weighted by Crippen LogP contribution is 2.30. The standard InChI is InChI=1S/C14H20ClNO2/c1-9(2)18-13-5-4-11(8-12(13)15)14-10(3)17-7-6-16-14/h4-5,8-10,14,16H,6-7H2,1-3H3. The van der Waals surface area contributed by atoms with E-state index in [2.05, 4.69) is 12.2 Å². The maximum absolute atomic E-state index is 6.25. The van der Waals surface area contributed by atoms with Crippen molar-refractivity contribution in [3.63, 3.8) is 0 Å². The minimum Gasteiger partial charge on any atom is -0.489 e. The van der Waals surface area contributed by atoms with Crippen molar-refractivity contribution in [1.82, 2.24) is 5.32 Å². The van der Waals surface area contributed by atoms with Crippen LogP contribution in [0.3, 0.4) is 0 Å². The fourth-order valence-electron chi connectivity index (χ4n) is 2.17. The van der Waals surface area contributed by atoms with Gasteiger partial charge in [0.25, 0.3) is 0 Å². The second-order valence-corrected chi connectivity index (χ2v) is 5.27. The molecule has 1 fully saturated rings. The summed E-state index contributed by atoms with van der Waals surface area (Å²) in [7, 11) is 0. The van der Waals surface area contributed by atoms with E-state index in [0.29, 0.717) is 5.02 Å². The average molecular weight is 270 g/mol. The Balaban J connectivity index is 2.17. The number of benzene rings is 1. The van der Waals surface area contributed by atoms with Gasteiger partial charge in [-0.15, -0.1) is 0 Å². The quantitative estimate of drug-likeness (QED) is 0.914. The number of morpholine rings is 1. The summed E-state index contributed by atoms with van der Waals surface area (Å²) in [6.07, 6.45) is 0.287. The Kier molecular flexibility index (Phi) is 4.49. The number of nitrogens with one attached hydrogen (secondary N) is 1. The predicted octanol–water partition coefficient (Wildman–Crippen LogP) is 3.18. The fourth-order valence-corrected chi connectivity index (χ4v) is 2.40. The molecule has 1 aromatic rings. The molecule has 0 spiro atoms. The molecule has 4 heteroatoms. The van der Waals surface area contributed by atoms with E-state index in [1.807, 2.05) is 32.0 Å². The first-order chi connectivity index (χ1) is 8.58. The van der Waals surface area contributed by atoms with Gasteiger partial charge in [0.05, 0.1) is 29.9 Å². The van der Waals surface area contributed by atoms with Gasteiger partial charge in [0.2, 0.25) is 0 Å². The Hall–Kier alpha value is -0.770. The summed E-state index contributed by atoms with van der Waals surface area (Å²) in [4.78, 5) is 0. The second-order valence-electron chi connectivity index (χ2n) is 4.86. The zero-order chi connectivity index (χ0) is 13.1. The number of rotatable bonds is 3. The first-order valence-corrected chi connectivity index (χ1v) is 6.77. The van der Waals surface area contributed by atoms with Crippen LogP contribution in [0, 0.1) is 0 Å². The van der Waals surface area contributed by atoms with Gasteiger partial charge in [0.1, 0.15) is 5.75 Å². The molecule has 2 rings (SSSR count). The summed E-state index contributed by atoms with van der Waals surface area (Å²) < 4.78 is 11.3. The summed E-state index contributed by atoms with van der Waals surface area (Å²) in [6, 6.07) is 6.14. The van der Waals surface area contributed by atoms with Crippen LogP contribution in [-0.4, -0.2) is 25.4 Å². The SMILES string of the molecule is CC(C)Oc1ccc(C2NCCOC2C)cc1Cl. The molecule has 1 heterocycles. The first-order valence-electron chi connectivity index (χ1n) is 6.39. The lowest BCUT2D eigenvalue weighted by atomic mass is 10.0. The van der Waals surface area contributed by atoms with Gasteiger partial charge in [-0.2, -0.15) is 0 Å². The molecule has 1 saturated heterocycles. The summed E-state index contributed by atoms with van der Waals surface area (Å²) in [6.45, 7) is 7.69. The summed E-state index contributed by atoms with van der Waals surface area (Å²) >= 11 is 6.25. The summed E-state index contributed by atoms with van der Waals surface area (Å²) in [5.74, 6) is 0.736. The number of hydrogen-bond donors (Lipinski definition) is 1. The minimum absolute atomic E-state index is 0.128. The van der Waals surface area contributed by atoms with E-state index in [4.69, 9.17) is 21.1 Å². The van der Waals surface area contributed by atoms with Crippen LogP contribution < -0.4 is 10.1 Å². The molecule has 0 saturated carbocycles. The smallest absolute Gasteiger partial charge is 0.138 e. The highest BCUT2D eigenvalue weighted by Gasteiger charge is 2.23. The molecule has 1 aromatic carbocycles.